The number of pyridine rings is 1. The third-order valence-electron chi connectivity index (χ3n) is 8.14. The summed E-state index contributed by atoms with van der Waals surface area (Å²) in [6.45, 7) is 2.69. The Hall–Kier alpha value is -2.39. The predicted molar refractivity (Wildman–Crippen MR) is 146 cm³/mol. The van der Waals surface area contributed by atoms with E-state index in [9.17, 15) is 23.1 Å². The number of rotatable bonds is 5. The minimum atomic E-state index is -4.64. The van der Waals surface area contributed by atoms with Gasteiger partial charge in [0.15, 0.2) is 0 Å². The van der Waals surface area contributed by atoms with Crippen molar-refractivity contribution in [2.75, 3.05) is 32.8 Å². The Morgan fingerprint density at radius 2 is 1.72 bits per heavy atom. The molecule has 0 spiro atoms. The lowest BCUT2D eigenvalue weighted by atomic mass is 9.80. The molecular formula is C29H30Cl2F3N3O2. The van der Waals surface area contributed by atoms with E-state index in [4.69, 9.17) is 23.2 Å². The van der Waals surface area contributed by atoms with Gasteiger partial charge in [-0.2, -0.15) is 13.2 Å². The highest BCUT2D eigenvalue weighted by atomic mass is 35.5. The lowest BCUT2D eigenvalue weighted by molar-refractivity contribution is -0.141. The molecule has 0 saturated carbocycles. The van der Waals surface area contributed by atoms with Gasteiger partial charge in [-0.3, -0.25) is 9.69 Å². The number of fused-ring (bicyclic) bond motifs is 1. The maximum Gasteiger partial charge on any atom is 0.433 e. The first-order valence-corrected chi connectivity index (χ1v) is 13.9. The Morgan fingerprint density at radius 1 is 0.974 bits per heavy atom. The highest BCUT2D eigenvalue weighted by Crippen LogP contribution is 2.34. The zero-order valence-corrected chi connectivity index (χ0v) is 22.8. The van der Waals surface area contributed by atoms with Gasteiger partial charge in [0.2, 0.25) is 0 Å². The zero-order valence-electron chi connectivity index (χ0n) is 21.3. The first-order valence-electron chi connectivity index (χ1n) is 13.2. The number of halogens is 5. The number of para-hydroxylation sites is 1. The number of alkyl halides is 3. The summed E-state index contributed by atoms with van der Waals surface area (Å²) < 4.78 is 40.4. The third-order valence-corrected chi connectivity index (χ3v) is 8.88. The molecule has 208 valence electrons. The number of aliphatic hydroxyl groups is 1. The molecule has 1 aromatic heterocycles. The van der Waals surface area contributed by atoms with Crippen LogP contribution in [0.3, 0.4) is 0 Å². The molecule has 0 bridgehead atoms. The molecule has 2 aromatic carbocycles. The van der Waals surface area contributed by atoms with Crippen molar-refractivity contribution < 1.29 is 23.1 Å². The van der Waals surface area contributed by atoms with Crippen LogP contribution in [0.1, 0.15) is 40.9 Å². The molecular weight excluding hydrogens is 550 g/mol. The van der Waals surface area contributed by atoms with Crippen LogP contribution in [0.5, 0.6) is 0 Å². The summed E-state index contributed by atoms with van der Waals surface area (Å²) in [7, 11) is 0. The number of hydrogen-bond donors (Lipinski definition) is 1. The number of benzene rings is 2. The van der Waals surface area contributed by atoms with Crippen LogP contribution in [0, 0.1) is 11.8 Å². The van der Waals surface area contributed by atoms with E-state index in [1.807, 2.05) is 12.1 Å². The molecule has 2 saturated heterocycles. The van der Waals surface area contributed by atoms with E-state index < -0.39 is 17.8 Å². The minimum Gasteiger partial charge on any atom is -0.396 e. The van der Waals surface area contributed by atoms with Crippen molar-refractivity contribution >= 4 is 40.0 Å². The summed E-state index contributed by atoms with van der Waals surface area (Å²) in [4.78, 5) is 21.2. The fourth-order valence-electron chi connectivity index (χ4n) is 5.99. The number of carbonyl (C=O) groups excluding carboxylic acids is 1. The molecule has 1 amide bonds. The van der Waals surface area contributed by atoms with Crippen LogP contribution in [0.25, 0.3) is 10.9 Å². The van der Waals surface area contributed by atoms with E-state index >= 15 is 0 Å². The Balaban J connectivity index is 1.23. The average molecular weight is 580 g/mol. The van der Waals surface area contributed by atoms with E-state index in [0.717, 1.165) is 50.4 Å². The molecule has 2 aliphatic heterocycles. The number of aromatic nitrogens is 1. The van der Waals surface area contributed by atoms with Crippen LogP contribution >= 0.6 is 23.2 Å². The summed E-state index contributed by atoms with van der Waals surface area (Å²) in [6, 6.07) is 13.2. The summed E-state index contributed by atoms with van der Waals surface area (Å²) >= 11 is 12.2. The second-order valence-corrected chi connectivity index (χ2v) is 11.3. The van der Waals surface area contributed by atoms with Crippen LogP contribution in [0.4, 0.5) is 13.2 Å². The molecule has 1 N–H and O–H groups in total. The third kappa shape index (κ3) is 6.19. The number of carbonyl (C=O) groups is 1. The lowest BCUT2D eigenvalue weighted by Crippen LogP contribution is -2.52. The molecule has 0 aliphatic carbocycles. The largest absolute Gasteiger partial charge is 0.433 e. The molecule has 5 rings (SSSR count). The van der Waals surface area contributed by atoms with Gasteiger partial charge < -0.3 is 10.0 Å². The van der Waals surface area contributed by atoms with E-state index in [-0.39, 0.29) is 29.6 Å². The molecule has 5 nitrogen and oxygen atoms in total. The molecule has 1 unspecified atom stereocenters. The van der Waals surface area contributed by atoms with Crippen molar-refractivity contribution in [1.82, 2.24) is 14.8 Å². The number of amides is 1. The molecule has 0 radical (unpaired) electrons. The number of piperidine rings is 2. The van der Waals surface area contributed by atoms with E-state index in [1.54, 1.807) is 29.2 Å². The lowest BCUT2D eigenvalue weighted by Gasteiger charge is -2.44. The summed E-state index contributed by atoms with van der Waals surface area (Å²) in [5.74, 6) is 0.0518. The predicted octanol–water partition coefficient (Wildman–Crippen LogP) is 6.34. The maximum atomic E-state index is 13.5. The van der Waals surface area contributed by atoms with Gasteiger partial charge >= 0.3 is 6.18 Å². The van der Waals surface area contributed by atoms with E-state index in [1.165, 1.54) is 6.07 Å². The van der Waals surface area contributed by atoms with Crippen LogP contribution < -0.4 is 0 Å². The van der Waals surface area contributed by atoms with Gasteiger partial charge in [0, 0.05) is 37.7 Å². The first kappa shape index (κ1) is 28.1. The monoisotopic (exact) mass is 579 g/mol. The van der Waals surface area contributed by atoms with Gasteiger partial charge in [-0.15, -0.1) is 0 Å². The molecule has 2 aliphatic rings. The first-order chi connectivity index (χ1) is 18.6. The molecule has 3 aromatic rings. The van der Waals surface area contributed by atoms with Crippen LogP contribution in [-0.4, -0.2) is 64.6 Å². The van der Waals surface area contributed by atoms with Crippen LogP contribution in [-0.2, 0) is 12.6 Å². The SMILES string of the molecule is O=C(c1cc(C(F)(F)F)nc2ccccc12)N1CCC(N2CCC(Cc3ccc(Cl)c(Cl)c3)[C@H](CO)C2)CC1. The van der Waals surface area contributed by atoms with Crippen molar-refractivity contribution in [2.24, 2.45) is 11.8 Å². The van der Waals surface area contributed by atoms with Gasteiger partial charge in [0.1, 0.15) is 5.69 Å². The second kappa shape index (κ2) is 11.6. The van der Waals surface area contributed by atoms with Crippen LogP contribution in [0.2, 0.25) is 10.0 Å². The number of likely N-dealkylation sites (tertiary alicyclic amines) is 2. The fourth-order valence-corrected chi connectivity index (χ4v) is 6.31. The Morgan fingerprint density at radius 3 is 2.41 bits per heavy atom. The van der Waals surface area contributed by atoms with Gasteiger partial charge in [0.05, 0.1) is 21.1 Å². The zero-order chi connectivity index (χ0) is 27.7. The van der Waals surface area contributed by atoms with E-state index in [2.05, 4.69) is 9.88 Å². The standard InChI is InChI=1S/C29H30Cl2F3N3O2/c30-24-6-5-18(14-25(24)31)13-19-7-10-37(16-20(19)17-38)21-8-11-36(12-9-21)28(39)23-15-27(29(32,33)34)35-26-4-2-1-3-22(23)26/h1-6,14-15,19-21,38H,7-13,16-17H2/t19?,20-/m0/s1. The van der Waals surface area contributed by atoms with Crippen molar-refractivity contribution in [3.05, 3.63) is 75.4 Å². The second-order valence-electron chi connectivity index (χ2n) is 10.5. The van der Waals surface area contributed by atoms with E-state index in [0.29, 0.717) is 34.4 Å². The highest BCUT2D eigenvalue weighted by Gasteiger charge is 2.37. The number of hydrogen-bond acceptors (Lipinski definition) is 4. The summed E-state index contributed by atoms with van der Waals surface area (Å²) in [5.41, 5.74) is 0.239. The normalized spacial score (nSPS) is 21.4. The summed E-state index contributed by atoms with van der Waals surface area (Å²) in [6.07, 6.45) is -1.41. The molecule has 10 heteroatoms. The fraction of sp³-hybridized carbons (Fsp3) is 0.448. The average Bonchev–Trinajstić information content (AvgIpc) is 2.94. The summed E-state index contributed by atoms with van der Waals surface area (Å²) in [5, 5.41) is 11.6. The van der Waals surface area contributed by atoms with Crippen LogP contribution in [0.15, 0.2) is 48.5 Å². The minimum absolute atomic E-state index is 0.0369. The smallest absolute Gasteiger partial charge is 0.396 e. The van der Waals surface area contributed by atoms with Gasteiger partial charge in [-0.05, 0) is 73.9 Å². The van der Waals surface area contributed by atoms with Crippen molar-refractivity contribution in [1.29, 1.82) is 0 Å². The topological polar surface area (TPSA) is 56.7 Å². The molecule has 2 fully saturated rings. The molecule has 3 heterocycles. The number of aliphatic hydroxyl groups excluding tert-OH is 1. The van der Waals surface area contributed by atoms with Gasteiger partial charge in [-0.25, -0.2) is 4.98 Å². The quantitative estimate of drug-likeness (QED) is 0.383. The van der Waals surface area contributed by atoms with Crippen molar-refractivity contribution in [3.8, 4) is 0 Å². The van der Waals surface area contributed by atoms with Gasteiger partial charge in [-0.1, -0.05) is 47.5 Å². The van der Waals surface area contributed by atoms with Gasteiger partial charge in [0.25, 0.3) is 5.91 Å². The Kier molecular flexibility index (Phi) is 8.38. The highest BCUT2D eigenvalue weighted by molar-refractivity contribution is 6.42. The molecule has 2 atom stereocenters. The Bertz CT molecular complexity index is 1350. The van der Waals surface area contributed by atoms with Crippen molar-refractivity contribution in [2.45, 2.75) is 37.9 Å². The Labute approximate surface area is 235 Å². The maximum absolute atomic E-state index is 13.5. The number of nitrogens with zero attached hydrogens (tertiary/aromatic N) is 3. The van der Waals surface area contributed by atoms with Crippen molar-refractivity contribution in [3.63, 3.8) is 0 Å². The molecule has 39 heavy (non-hydrogen) atoms.